The molecule has 0 amide bonds. The van der Waals surface area contributed by atoms with Crippen molar-refractivity contribution in [2.24, 2.45) is 0 Å². The van der Waals surface area contributed by atoms with Crippen molar-refractivity contribution in [1.29, 1.82) is 0 Å². The highest BCUT2D eigenvalue weighted by atomic mass is 16.5. The lowest BCUT2D eigenvalue weighted by Gasteiger charge is -2.24. The van der Waals surface area contributed by atoms with Crippen molar-refractivity contribution >= 4 is 0 Å². The normalized spacial score (nSPS) is 13.6. The molecule has 0 aliphatic rings. The van der Waals surface area contributed by atoms with Crippen LogP contribution in [0.5, 0.6) is 0 Å². The summed E-state index contributed by atoms with van der Waals surface area (Å²) in [6.45, 7) is 10.9. The predicted octanol–water partition coefficient (Wildman–Crippen LogP) is 1.38. The van der Waals surface area contributed by atoms with E-state index >= 15 is 0 Å². The topological polar surface area (TPSA) is 21.7 Å². The molecule has 0 saturated heterocycles. The molecule has 0 heterocycles. The fourth-order valence-electron chi connectivity index (χ4n) is 1.34. The predicted molar refractivity (Wildman–Crippen MR) is 55.1 cm³/mol. The molecule has 0 aliphatic heterocycles. The van der Waals surface area contributed by atoms with Crippen molar-refractivity contribution in [2.45, 2.75) is 26.9 Å². The van der Waals surface area contributed by atoms with Crippen LogP contribution in [0.15, 0.2) is 0 Å². The Kier molecular flexibility index (Phi) is 8.40. The first-order valence-corrected chi connectivity index (χ1v) is 5.11. The highest BCUT2D eigenvalue weighted by Crippen LogP contribution is 1.98. The van der Waals surface area contributed by atoms with E-state index in [2.05, 4.69) is 18.7 Å². The summed E-state index contributed by atoms with van der Waals surface area (Å²) in [6.07, 6.45) is 0.217. The molecule has 80 valence electrons. The van der Waals surface area contributed by atoms with Crippen molar-refractivity contribution in [2.75, 3.05) is 40.0 Å². The molecule has 0 aromatic carbocycles. The van der Waals surface area contributed by atoms with E-state index in [4.69, 9.17) is 9.47 Å². The van der Waals surface area contributed by atoms with E-state index in [-0.39, 0.29) is 6.10 Å². The van der Waals surface area contributed by atoms with Crippen molar-refractivity contribution < 1.29 is 9.47 Å². The van der Waals surface area contributed by atoms with Gasteiger partial charge in [-0.2, -0.15) is 0 Å². The summed E-state index contributed by atoms with van der Waals surface area (Å²) < 4.78 is 10.6. The number of methoxy groups -OCH3 is 1. The van der Waals surface area contributed by atoms with Crippen LogP contribution in [0, 0.1) is 0 Å². The monoisotopic (exact) mass is 189 g/mol. The summed E-state index contributed by atoms with van der Waals surface area (Å²) in [7, 11) is 1.72. The molecule has 3 heteroatoms. The van der Waals surface area contributed by atoms with E-state index in [1.807, 2.05) is 6.92 Å². The number of nitrogens with zero attached hydrogens (tertiary/aromatic N) is 1. The first kappa shape index (κ1) is 12.9. The van der Waals surface area contributed by atoms with Crippen LogP contribution in [0.2, 0.25) is 0 Å². The molecule has 0 aromatic rings. The Morgan fingerprint density at radius 3 is 2.15 bits per heavy atom. The van der Waals surface area contributed by atoms with E-state index in [1.165, 1.54) is 0 Å². The van der Waals surface area contributed by atoms with Gasteiger partial charge in [0.2, 0.25) is 0 Å². The van der Waals surface area contributed by atoms with Gasteiger partial charge in [0.25, 0.3) is 0 Å². The lowest BCUT2D eigenvalue weighted by atomic mass is 10.3. The molecule has 1 atom stereocenters. The number of likely N-dealkylation sites (N-methyl/N-ethyl adjacent to an activating group) is 1. The number of hydrogen-bond donors (Lipinski definition) is 0. The Hall–Kier alpha value is -0.120. The first-order chi connectivity index (χ1) is 6.28. The van der Waals surface area contributed by atoms with Crippen molar-refractivity contribution in [1.82, 2.24) is 4.90 Å². The Morgan fingerprint density at radius 2 is 1.77 bits per heavy atom. The zero-order valence-electron chi connectivity index (χ0n) is 9.38. The van der Waals surface area contributed by atoms with Crippen LogP contribution in [-0.2, 0) is 9.47 Å². The highest BCUT2D eigenvalue weighted by molar-refractivity contribution is 4.63. The molecule has 1 unspecified atom stereocenters. The van der Waals surface area contributed by atoms with Gasteiger partial charge < -0.3 is 14.4 Å². The molecule has 13 heavy (non-hydrogen) atoms. The molecule has 0 aromatic heterocycles. The molecule has 0 aliphatic carbocycles. The maximum absolute atomic E-state index is 5.55. The Labute approximate surface area is 82.0 Å². The lowest BCUT2D eigenvalue weighted by molar-refractivity contribution is -0.0138. The smallest absolute Gasteiger partial charge is 0.0934 e. The average molecular weight is 189 g/mol. The van der Waals surface area contributed by atoms with Gasteiger partial charge in [-0.15, -0.1) is 0 Å². The molecule has 0 rings (SSSR count). The Morgan fingerprint density at radius 1 is 1.15 bits per heavy atom. The molecular formula is C10H23NO2. The SMILES string of the molecule is CCOC(COC)CN(CC)CC. The largest absolute Gasteiger partial charge is 0.382 e. The molecule has 0 radical (unpaired) electrons. The third-order valence-corrected chi connectivity index (χ3v) is 2.11. The maximum Gasteiger partial charge on any atom is 0.0934 e. The van der Waals surface area contributed by atoms with Gasteiger partial charge in [-0.05, 0) is 20.0 Å². The fourth-order valence-corrected chi connectivity index (χ4v) is 1.34. The minimum atomic E-state index is 0.217. The quantitative estimate of drug-likeness (QED) is 0.576. The summed E-state index contributed by atoms with van der Waals surface area (Å²) in [4.78, 5) is 2.35. The summed E-state index contributed by atoms with van der Waals surface area (Å²) in [6, 6.07) is 0. The second-order valence-electron chi connectivity index (χ2n) is 3.02. The zero-order valence-corrected chi connectivity index (χ0v) is 9.38. The number of rotatable bonds is 8. The van der Waals surface area contributed by atoms with Crippen LogP contribution in [0.3, 0.4) is 0 Å². The molecule has 0 bridgehead atoms. The van der Waals surface area contributed by atoms with Gasteiger partial charge in [-0.1, -0.05) is 13.8 Å². The second kappa shape index (κ2) is 8.48. The molecule has 0 N–H and O–H groups in total. The molecule has 0 fully saturated rings. The molecular weight excluding hydrogens is 166 g/mol. The molecule has 0 saturated carbocycles. The maximum atomic E-state index is 5.55. The minimum absolute atomic E-state index is 0.217. The third kappa shape index (κ3) is 6.02. The summed E-state index contributed by atoms with van der Waals surface area (Å²) in [5, 5.41) is 0. The third-order valence-electron chi connectivity index (χ3n) is 2.11. The summed E-state index contributed by atoms with van der Waals surface area (Å²) >= 11 is 0. The van der Waals surface area contributed by atoms with Crippen LogP contribution < -0.4 is 0 Å². The van der Waals surface area contributed by atoms with Gasteiger partial charge in [-0.25, -0.2) is 0 Å². The van der Waals surface area contributed by atoms with Gasteiger partial charge in [0.15, 0.2) is 0 Å². The zero-order chi connectivity index (χ0) is 10.1. The van der Waals surface area contributed by atoms with Crippen LogP contribution >= 0.6 is 0 Å². The molecule has 0 spiro atoms. The minimum Gasteiger partial charge on any atom is -0.382 e. The Bertz CT molecular complexity index is 99.1. The van der Waals surface area contributed by atoms with Gasteiger partial charge in [0.05, 0.1) is 12.7 Å². The van der Waals surface area contributed by atoms with Crippen molar-refractivity contribution in [3.63, 3.8) is 0 Å². The van der Waals surface area contributed by atoms with Crippen LogP contribution in [0.25, 0.3) is 0 Å². The van der Waals surface area contributed by atoms with Crippen LogP contribution in [0.4, 0.5) is 0 Å². The first-order valence-electron chi connectivity index (χ1n) is 5.11. The number of ether oxygens (including phenoxy) is 2. The Balaban J connectivity index is 3.76. The van der Waals surface area contributed by atoms with Crippen LogP contribution in [0.1, 0.15) is 20.8 Å². The molecule has 3 nitrogen and oxygen atoms in total. The van der Waals surface area contributed by atoms with Crippen LogP contribution in [-0.4, -0.2) is 51.0 Å². The second-order valence-corrected chi connectivity index (χ2v) is 3.02. The van der Waals surface area contributed by atoms with E-state index in [0.717, 1.165) is 26.2 Å². The lowest BCUT2D eigenvalue weighted by Crippen LogP contribution is -2.36. The van der Waals surface area contributed by atoms with Gasteiger partial charge >= 0.3 is 0 Å². The summed E-state index contributed by atoms with van der Waals surface area (Å²) in [5.41, 5.74) is 0. The van der Waals surface area contributed by atoms with E-state index < -0.39 is 0 Å². The van der Waals surface area contributed by atoms with Gasteiger partial charge in [0.1, 0.15) is 0 Å². The standard InChI is InChI=1S/C10H23NO2/c1-5-11(6-2)8-10(9-12-4)13-7-3/h10H,5-9H2,1-4H3. The van der Waals surface area contributed by atoms with Gasteiger partial charge in [-0.3, -0.25) is 0 Å². The van der Waals surface area contributed by atoms with Gasteiger partial charge in [0, 0.05) is 20.3 Å². The van der Waals surface area contributed by atoms with E-state index in [9.17, 15) is 0 Å². The highest BCUT2D eigenvalue weighted by Gasteiger charge is 2.11. The average Bonchev–Trinajstić information content (AvgIpc) is 2.14. The van der Waals surface area contributed by atoms with E-state index in [0.29, 0.717) is 6.61 Å². The van der Waals surface area contributed by atoms with E-state index in [1.54, 1.807) is 7.11 Å². The number of hydrogen-bond acceptors (Lipinski definition) is 3. The fraction of sp³-hybridized carbons (Fsp3) is 1.00. The van der Waals surface area contributed by atoms with Crippen molar-refractivity contribution in [3.05, 3.63) is 0 Å². The van der Waals surface area contributed by atoms with Crippen molar-refractivity contribution in [3.8, 4) is 0 Å². The summed E-state index contributed by atoms with van der Waals surface area (Å²) in [5.74, 6) is 0.